The summed E-state index contributed by atoms with van der Waals surface area (Å²) in [6.45, 7) is 4.57. The average molecular weight is 235 g/mol. The minimum absolute atomic E-state index is 1.12. The fourth-order valence-corrected chi connectivity index (χ4v) is 2.81. The van der Waals surface area contributed by atoms with Crippen LogP contribution in [0.4, 0.5) is 0 Å². The summed E-state index contributed by atoms with van der Waals surface area (Å²) in [5, 5.41) is 0. The number of hydrogen-bond donors (Lipinski definition) is 0. The molecule has 88 valence electrons. The molecule has 0 N–H and O–H groups in total. The second-order valence-corrected chi connectivity index (χ2v) is 5.38. The molecule has 2 heteroatoms. The van der Waals surface area contributed by atoms with Crippen LogP contribution in [0.1, 0.15) is 36.5 Å². The summed E-state index contributed by atoms with van der Waals surface area (Å²) in [6.07, 6.45) is 7.24. The van der Waals surface area contributed by atoms with Crippen molar-refractivity contribution < 1.29 is 0 Å². The van der Waals surface area contributed by atoms with Gasteiger partial charge in [-0.2, -0.15) is 0 Å². The molecule has 1 nitrogen and oxygen atoms in total. The fourth-order valence-electron chi connectivity index (χ4n) is 2.27. The normalized spacial score (nSPS) is 16.1. The van der Waals surface area contributed by atoms with E-state index in [1.54, 1.807) is 5.56 Å². The van der Waals surface area contributed by atoms with E-state index >= 15 is 0 Å². The lowest BCUT2D eigenvalue weighted by atomic mass is 9.96. The molecule has 0 amide bonds. The number of fused-ring (bicyclic) bond motifs is 1. The molecule has 0 saturated heterocycles. The molecule has 1 aromatic carbocycles. The Bertz CT molecular complexity index is 349. The van der Waals surface area contributed by atoms with Gasteiger partial charge >= 0.3 is 0 Å². The molecule has 0 bridgehead atoms. The maximum absolute atomic E-state index is 2.44. The van der Waals surface area contributed by atoms with Crippen LogP contribution in [0, 0.1) is 0 Å². The Labute approximate surface area is 103 Å². The lowest BCUT2D eigenvalue weighted by molar-refractivity contribution is 0.445. The molecule has 2 rings (SSSR count). The predicted molar refractivity (Wildman–Crippen MR) is 72.7 cm³/mol. The molecule has 1 heterocycles. The maximum Gasteiger partial charge on any atom is 0.0343 e. The van der Waals surface area contributed by atoms with Crippen LogP contribution in [-0.2, 0) is 19.4 Å². The van der Waals surface area contributed by atoms with Gasteiger partial charge in [0.1, 0.15) is 0 Å². The van der Waals surface area contributed by atoms with E-state index in [9.17, 15) is 0 Å². The molecule has 0 atom stereocenters. The van der Waals surface area contributed by atoms with Gasteiger partial charge in [0, 0.05) is 13.1 Å². The van der Waals surface area contributed by atoms with E-state index in [1.807, 2.05) is 11.9 Å². The summed E-state index contributed by atoms with van der Waals surface area (Å²) in [5.74, 6) is 0. The molecule has 0 spiro atoms. The Kier molecular flexibility index (Phi) is 4.30. The highest BCUT2D eigenvalue weighted by Gasteiger charge is 2.15. The fraction of sp³-hybridized carbons (Fsp3) is 0.571. The van der Waals surface area contributed by atoms with E-state index in [4.69, 9.17) is 0 Å². The van der Waals surface area contributed by atoms with E-state index in [2.05, 4.69) is 35.7 Å². The van der Waals surface area contributed by atoms with Crippen molar-refractivity contribution in [1.82, 2.24) is 4.31 Å². The largest absolute Gasteiger partial charge is 0.246 e. The van der Waals surface area contributed by atoms with Crippen molar-refractivity contribution in [3.63, 3.8) is 0 Å². The number of unbranched alkanes of at least 4 members (excludes halogenated alkanes) is 1. The third-order valence-electron chi connectivity index (χ3n) is 3.33. The van der Waals surface area contributed by atoms with Crippen molar-refractivity contribution in [2.75, 3.05) is 12.8 Å². The minimum atomic E-state index is 1.12. The van der Waals surface area contributed by atoms with Gasteiger partial charge < -0.3 is 0 Å². The average Bonchev–Trinajstić information content (AvgIpc) is 2.35. The zero-order valence-electron chi connectivity index (χ0n) is 10.3. The van der Waals surface area contributed by atoms with Crippen LogP contribution >= 0.6 is 11.9 Å². The van der Waals surface area contributed by atoms with Gasteiger partial charge in [-0.25, -0.2) is 4.31 Å². The molecular formula is C14H21NS. The predicted octanol–water partition coefficient (Wildman–Crippen LogP) is 3.67. The molecule has 0 saturated carbocycles. The Morgan fingerprint density at radius 3 is 2.94 bits per heavy atom. The third-order valence-corrected chi connectivity index (χ3v) is 4.15. The summed E-state index contributed by atoms with van der Waals surface area (Å²) in [4.78, 5) is 0. The Balaban J connectivity index is 2.08. The monoisotopic (exact) mass is 235 g/mol. The van der Waals surface area contributed by atoms with Crippen LogP contribution in [0.3, 0.4) is 0 Å². The van der Waals surface area contributed by atoms with Gasteiger partial charge in [0.05, 0.1) is 0 Å². The van der Waals surface area contributed by atoms with Gasteiger partial charge in [-0.1, -0.05) is 43.5 Å². The smallest absolute Gasteiger partial charge is 0.0343 e. The highest BCUT2D eigenvalue weighted by atomic mass is 32.2. The van der Waals surface area contributed by atoms with Crippen molar-refractivity contribution >= 4 is 11.9 Å². The van der Waals surface area contributed by atoms with Gasteiger partial charge in [-0.3, -0.25) is 0 Å². The summed E-state index contributed by atoms with van der Waals surface area (Å²) in [6, 6.07) is 7.09. The summed E-state index contributed by atoms with van der Waals surface area (Å²) >= 11 is 1.86. The first-order valence-corrected chi connectivity index (χ1v) is 7.41. The van der Waals surface area contributed by atoms with Crippen molar-refractivity contribution in [2.24, 2.45) is 0 Å². The van der Waals surface area contributed by atoms with Crippen molar-refractivity contribution in [3.05, 3.63) is 34.9 Å². The second-order valence-electron chi connectivity index (χ2n) is 4.50. The summed E-state index contributed by atoms with van der Waals surface area (Å²) in [7, 11) is 0. The Hall–Kier alpha value is -0.470. The van der Waals surface area contributed by atoms with E-state index < -0.39 is 0 Å². The molecule has 0 aliphatic carbocycles. The number of nitrogens with zero attached hydrogens (tertiary/aromatic N) is 1. The van der Waals surface area contributed by atoms with E-state index in [1.165, 1.54) is 43.4 Å². The van der Waals surface area contributed by atoms with Crippen LogP contribution in [0.25, 0.3) is 0 Å². The van der Waals surface area contributed by atoms with Crippen molar-refractivity contribution in [2.45, 2.75) is 39.2 Å². The van der Waals surface area contributed by atoms with Gasteiger partial charge in [0.25, 0.3) is 0 Å². The number of aryl methyl sites for hydroxylation is 1. The van der Waals surface area contributed by atoms with Crippen LogP contribution in [0.2, 0.25) is 0 Å². The molecule has 1 aliphatic heterocycles. The Morgan fingerprint density at radius 2 is 2.19 bits per heavy atom. The standard InChI is InChI=1S/C14H21NS/c1-3-4-5-12-6-7-14-11-15(16-2)9-8-13(14)10-12/h6-7,10H,3-5,8-9,11H2,1-2H3. The van der Waals surface area contributed by atoms with E-state index in [-0.39, 0.29) is 0 Å². The zero-order valence-corrected chi connectivity index (χ0v) is 11.1. The minimum Gasteiger partial charge on any atom is -0.246 e. The number of rotatable bonds is 4. The van der Waals surface area contributed by atoms with Gasteiger partial charge in [0.2, 0.25) is 0 Å². The maximum atomic E-state index is 2.44. The van der Waals surface area contributed by atoms with Gasteiger partial charge in [-0.05, 0) is 42.2 Å². The molecule has 1 aliphatic rings. The molecule has 0 aromatic heterocycles. The number of hydrogen-bond acceptors (Lipinski definition) is 2. The molecule has 16 heavy (non-hydrogen) atoms. The molecule has 0 fully saturated rings. The highest BCUT2D eigenvalue weighted by Crippen LogP contribution is 2.24. The number of benzene rings is 1. The lowest BCUT2D eigenvalue weighted by Crippen LogP contribution is -2.24. The van der Waals surface area contributed by atoms with Crippen molar-refractivity contribution in [3.8, 4) is 0 Å². The second kappa shape index (κ2) is 5.74. The first-order valence-electron chi connectivity index (χ1n) is 6.23. The quantitative estimate of drug-likeness (QED) is 0.733. The SMILES string of the molecule is CCCCc1ccc2c(c1)CCN(SC)C2. The van der Waals surface area contributed by atoms with E-state index in [0.717, 1.165) is 6.54 Å². The van der Waals surface area contributed by atoms with Crippen LogP contribution in [0.5, 0.6) is 0 Å². The highest BCUT2D eigenvalue weighted by molar-refractivity contribution is 7.96. The van der Waals surface area contributed by atoms with Crippen LogP contribution < -0.4 is 0 Å². The topological polar surface area (TPSA) is 3.24 Å². The summed E-state index contributed by atoms with van der Waals surface area (Å²) < 4.78 is 2.44. The van der Waals surface area contributed by atoms with Crippen LogP contribution in [-0.4, -0.2) is 17.1 Å². The van der Waals surface area contributed by atoms with E-state index in [0.29, 0.717) is 0 Å². The summed E-state index contributed by atoms with van der Waals surface area (Å²) in [5.41, 5.74) is 4.64. The molecular weight excluding hydrogens is 214 g/mol. The zero-order chi connectivity index (χ0) is 11.4. The molecule has 0 unspecified atom stereocenters. The lowest BCUT2D eigenvalue weighted by Gasteiger charge is -2.26. The van der Waals surface area contributed by atoms with Crippen LogP contribution in [0.15, 0.2) is 18.2 Å². The Morgan fingerprint density at radius 1 is 1.31 bits per heavy atom. The van der Waals surface area contributed by atoms with Gasteiger partial charge in [0.15, 0.2) is 0 Å². The van der Waals surface area contributed by atoms with Gasteiger partial charge in [-0.15, -0.1) is 0 Å². The van der Waals surface area contributed by atoms with Crippen molar-refractivity contribution in [1.29, 1.82) is 0 Å². The molecule has 1 aromatic rings. The third kappa shape index (κ3) is 2.80. The molecule has 0 radical (unpaired) electrons. The first-order chi connectivity index (χ1) is 7.83. The first kappa shape index (κ1) is 12.0.